The molecule has 0 aromatic heterocycles. The van der Waals surface area contributed by atoms with Crippen LogP contribution in [0.1, 0.15) is 43.7 Å². The van der Waals surface area contributed by atoms with E-state index < -0.39 is 17.1 Å². The first-order valence-corrected chi connectivity index (χ1v) is 7.44. The summed E-state index contributed by atoms with van der Waals surface area (Å²) in [6.07, 6.45) is 4.13. The zero-order valence-electron chi connectivity index (χ0n) is 12.6. The molecule has 2 atom stereocenters. The van der Waals surface area contributed by atoms with Crippen LogP contribution in [0.4, 0.5) is 5.69 Å². The molecule has 0 heterocycles. The van der Waals surface area contributed by atoms with Gasteiger partial charge in [-0.2, -0.15) is 0 Å². The molecule has 0 saturated heterocycles. The average Bonchev–Trinajstić information content (AvgIpc) is 2.54. The number of nitrogens with zero attached hydrogens (tertiary/aromatic N) is 1. The summed E-state index contributed by atoms with van der Waals surface area (Å²) in [6, 6.07) is 1.45. The lowest BCUT2D eigenvalue weighted by atomic mass is 9.81. The van der Waals surface area contributed by atoms with Gasteiger partial charge in [0.1, 0.15) is 0 Å². The van der Waals surface area contributed by atoms with E-state index in [1.54, 1.807) is 0 Å². The Balaban J connectivity index is 2.32. The average molecular weight is 310 g/mol. The van der Waals surface area contributed by atoms with Gasteiger partial charge in [0.05, 0.1) is 30.2 Å². The number of aliphatic hydroxyl groups excluding tert-OH is 1. The third kappa shape index (κ3) is 3.31. The third-order valence-electron chi connectivity index (χ3n) is 4.38. The van der Waals surface area contributed by atoms with E-state index >= 15 is 0 Å². The van der Waals surface area contributed by atoms with Gasteiger partial charge < -0.3 is 20.7 Å². The van der Waals surface area contributed by atoms with Gasteiger partial charge >= 0.3 is 0 Å². The largest absolute Gasteiger partial charge is 0.504 e. The lowest BCUT2D eigenvalue weighted by Gasteiger charge is -2.30. The number of non-ortho nitro benzene ring substituents is 1. The van der Waals surface area contributed by atoms with Crippen LogP contribution in [-0.2, 0) is 0 Å². The van der Waals surface area contributed by atoms with E-state index in [-0.39, 0.29) is 28.7 Å². The number of phenols is 1. The monoisotopic (exact) mass is 310 g/mol. The molecule has 1 fully saturated rings. The molecular formula is C15H22N2O5. The first kappa shape index (κ1) is 16.5. The predicted octanol–water partition coefficient (Wildman–Crippen LogP) is 2.25. The van der Waals surface area contributed by atoms with E-state index in [1.807, 2.05) is 0 Å². The van der Waals surface area contributed by atoms with Crippen LogP contribution in [0.5, 0.6) is 11.5 Å². The van der Waals surface area contributed by atoms with Crippen molar-refractivity contribution >= 4 is 5.69 Å². The molecule has 1 aromatic rings. The molecule has 7 nitrogen and oxygen atoms in total. The Morgan fingerprint density at radius 3 is 2.55 bits per heavy atom. The van der Waals surface area contributed by atoms with Crippen molar-refractivity contribution in [1.29, 1.82) is 0 Å². The number of hydrogen-bond acceptors (Lipinski definition) is 6. The van der Waals surface area contributed by atoms with E-state index in [1.165, 1.54) is 13.2 Å². The van der Waals surface area contributed by atoms with Crippen molar-refractivity contribution in [2.75, 3.05) is 7.11 Å². The summed E-state index contributed by atoms with van der Waals surface area (Å²) in [5.74, 6) is -0.223. The molecule has 1 saturated carbocycles. The first-order chi connectivity index (χ1) is 10.5. The summed E-state index contributed by atoms with van der Waals surface area (Å²) in [6.45, 7) is 0. The number of aliphatic hydroxyl groups is 1. The highest BCUT2D eigenvalue weighted by atomic mass is 16.6. The fourth-order valence-corrected chi connectivity index (χ4v) is 3.08. The van der Waals surface area contributed by atoms with Crippen LogP contribution in [0.25, 0.3) is 0 Å². The number of ether oxygens (including phenoxy) is 1. The Hall–Kier alpha value is -1.86. The van der Waals surface area contributed by atoms with Gasteiger partial charge in [-0.25, -0.2) is 0 Å². The molecule has 0 amide bonds. The van der Waals surface area contributed by atoms with Crippen LogP contribution in [-0.4, -0.2) is 28.4 Å². The molecule has 0 bridgehead atoms. The third-order valence-corrected chi connectivity index (χ3v) is 4.38. The highest BCUT2D eigenvalue weighted by Crippen LogP contribution is 2.40. The topological polar surface area (TPSA) is 119 Å². The maximum Gasteiger partial charge on any atom is 0.273 e. The van der Waals surface area contributed by atoms with E-state index in [9.17, 15) is 20.3 Å². The predicted molar refractivity (Wildman–Crippen MR) is 80.8 cm³/mol. The molecule has 2 rings (SSSR count). The quantitative estimate of drug-likeness (QED) is 0.567. The van der Waals surface area contributed by atoms with Gasteiger partial charge in [-0.05, 0) is 18.8 Å². The number of aromatic hydroxyl groups is 1. The fourth-order valence-electron chi connectivity index (χ4n) is 3.08. The van der Waals surface area contributed by atoms with E-state index in [0.717, 1.165) is 38.2 Å². The number of phenolic OH excluding ortho intramolecular Hbond substituents is 1. The van der Waals surface area contributed by atoms with Gasteiger partial charge in [-0.3, -0.25) is 10.1 Å². The Morgan fingerprint density at radius 1 is 1.36 bits per heavy atom. The maximum atomic E-state index is 11.0. The Kier molecular flexibility index (Phi) is 5.20. The summed E-state index contributed by atoms with van der Waals surface area (Å²) in [5, 5.41) is 31.6. The summed E-state index contributed by atoms with van der Waals surface area (Å²) in [4.78, 5) is 10.4. The molecule has 22 heavy (non-hydrogen) atoms. The first-order valence-electron chi connectivity index (χ1n) is 7.44. The van der Waals surface area contributed by atoms with Crippen molar-refractivity contribution in [2.45, 2.75) is 44.2 Å². The molecule has 0 unspecified atom stereocenters. The zero-order valence-corrected chi connectivity index (χ0v) is 12.6. The summed E-state index contributed by atoms with van der Waals surface area (Å²) < 4.78 is 4.96. The Labute approximate surface area is 128 Å². The molecule has 122 valence electrons. The zero-order chi connectivity index (χ0) is 16.3. The normalized spacial score (nSPS) is 18.7. The number of benzene rings is 1. The van der Waals surface area contributed by atoms with Crippen molar-refractivity contribution in [3.8, 4) is 11.5 Å². The Bertz CT molecular complexity index is 543. The van der Waals surface area contributed by atoms with Crippen LogP contribution >= 0.6 is 0 Å². The highest BCUT2D eigenvalue weighted by Gasteiger charge is 2.31. The standard InChI is InChI=1S/C15H22N2O5/c1-22-12-8-10(17(20)21)7-11(15(12)19)13(16)14(18)9-5-3-2-4-6-9/h7-9,13-14,18-19H,2-6,16H2,1H3/t13-,14+/m1/s1. The number of nitro groups is 1. The molecule has 0 aliphatic heterocycles. The van der Waals surface area contributed by atoms with Gasteiger partial charge in [0.15, 0.2) is 11.5 Å². The van der Waals surface area contributed by atoms with Crippen LogP contribution < -0.4 is 10.5 Å². The summed E-state index contributed by atoms with van der Waals surface area (Å²) >= 11 is 0. The molecule has 0 spiro atoms. The summed E-state index contributed by atoms with van der Waals surface area (Å²) in [5.41, 5.74) is 5.99. The van der Waals surface area contributed by atoms with Crippen molar-refractivity contribution in [2.24, 2.45) is 11.7 Å². The molecule has 1 aliphatic rings. The number of rotatable bonds is 5. The molecule has 4 N–H and O–H groups in total. The second-order valence-electron chi connectivity index (χ2n) is 5.76. The Morgan fingerprint density at radius 2 is 2.00 bits per heavy atom. The van der Waals surface area contributed by atoms with Crippen LogP contribution in [0, 0.1) is 16.0 Å². The van der Waals surface area contributed by atoms with Gasteiger partial charge in [0.2, 0.25) is 0 Å². The number of nitrogens with two attached hydrogens (primary N) is 1. The molecule has 1 aromatic carbocycles. The minimum absolute atomic E-state index is 0.0181. The smallest absolute Gasteiger partial charge is 0.273 e. The molecular weight excluding hydrogens is 288 g/mol. The van der Waals surface area contributed by atoms with Crippen molar-refractivity contribution in [1.82, 2.24) is 0 Å². The van der Waals surface area contributed by atoms with Gasteiger partial charge in [0, 0.05) is 11.6 Å². The second kappa shape index (κ2) is 6.93. The van der Waals surface area contributed by atoms with Crippen LogP contribution in [0.15, 0.2) is 12.1 Å². The van der Waals surface area contributed by atoms with Gasteiger partial charge in [-0.1, -0.05) is 19.3 Å². The van der Waals surface area contributed by atoms with Crippen molar-refractivity contribution in [3.63, 3.8) is 0 Å². The van der Waals surface area contributed by atoms with Gasteiger partial charge in [-0.15, -0.1) is 0 Å². The lowest BCUT2D eigenvalue weighted by Crippen LogP contribution is -2.34. The fraction of sp³-hybridized carbons (Fsp3) is 0.600. The van der Waals surface area contributed by atoms with Crippen LogP contribution in [0.2, 0.25) is 0 Å². The van der Waals surface area contributed by atoms with E-state index in [0.29, 0.717) is 0 Å². The van der Waals surface area contributed by atoms with Crippen molar-refractivity contribution in [3.05, 3.63) is 27.8 Å². The van der Waals surface area contributed by atoms with E-state index in [4.69, 9.17) is 10.5 Å². The second-order valence-corrected chi connectivity index (χ2v) is 5.76. The number of hydrogen-bond donors (Lipinski definition) is 3. The highest BCUT2D eigenvalue weighted by molar-refractivity contribution is 5.54. The number of nitro benzene ring substituents is 1. The molecule has 1 aliphatic carbocycles. The maximum absolute atomic E-state index is 11.0. The lowest BCUT2D eigenvalue weighted by molar-refractivity contribution is -0.385. The molecule has 7 heteroatoms. The summed E-state index contributed by atoms with van der Waals surface area (Å²) in [7, 11) is 1.31. The molecule has 0 radical (unpaired) electrons. The van der Waals surface area contributed by atoms with Crippen molar-refractivity contribution < 1.29 is 19.9 Å². The minimum atomic E-state index is -0.892. The minimum Gasteiger partial charge on any atom is -0.504 e. The van der Waals surface area contributed by atoms with Crippen LogP contribution in [0.3, 0.4) is 0 Å². The number of methoxy groups -OCH3 is 1. The SMILES string of the molecule is COc1cc([N+](=O)[O-])cc([C@@H](N)[C@@H](O)C2CCCCC2)c1O. The van der Waals surface area contributed by atoms with E-state index in [2.05, 4.69) is 0 Å². The van der Waals surface area contributed by atoms with Gasteiger partial charge in [0.25, 0.3) is 5.69 Å².